The highest BCUT2D eigenvalue weighted by atomic mass is 16.7. The molecular formula is C10H20O4. The number of carbonyl (C=O) groups excluding carboxylic acids is 1. The molecule has 4 heteroatoms. The average molecular weight is 204 g/mol. The number of ether oxygens (including phenoxy) is 2. The van der Waals surface area contributed by atoms with Gasteiger partial charge in [-0.05, 0) is 13.3 Å². The molecule has 0 aromatic rings. The molecule has 0 radical (unpaired) electrons. The molecule has 0 aliphatic rings. The van der Waals surface area contributed by atoms with E-state index in [-0.39, 0.29) is 12.5 Å². The third-order valence-electron chi connectivity index (χ3n) is 1.88. The van der Waals surface area contributed by atoms with Gasteiger partial charge in [0.05, 0.1) is 13.2 Å². The molecule has 1 unspecified atom stereocenters. The van der Waals surface area contributed by atoms with Crippen molar-refractivity contribution in [3.05, 3.63) is 0 Å². The van der Waals surface area contributed by atoms with E-state index in [0.29, 0.717) is 6.61 Å². The van der Waals surface area contributed by atoms with E-state index < -0.39 is 11.8 Å². The number of aliphatic hydroxyl groups is 1. The van der Waals surface area contributed by atoms with Crippen LogP contribution in [-0.4, -0.2) is 30.1 Å². The summed E-state index contributed by atoms with van der Waals surface area (Å²) >= 11 is 0. The SMILES string of the molecule is CCCOC(O)(C(=O)OCC)C(C)C. The van der Waals surface area contributed by atoms with Crippen molar-refractivity contribution < 1.29 is 19.4 Å². The molecular weight excluding hydrogens is 184 g/mol. The number of hydrogen-bond donors (Lipinski definition) is 1. The minimum atomic E-state index is -1.80. The summed E-state index contributed by atoms with van der Waals surface area (Å²) in [4.78, 5) is 11.4. The molecule has 0 bridgehead atoms. The zero-order chi connectivity index (χ0) is 11.2. The number of hydrogen-bond acceptors (Lipinski definition) is 4. The van der Waals surface area contributed by atoms with Crippen molar-refractivity contribution >= 4 is 5.97 Å². The Morgan fingerprint density at radius 2 is 2.00 bits per heavy atom. The van der Waals surface area contributed by atoms with Crippen molar-refractivity contribution in [2.24, 2.45) is 5.92 Å². The first-order chi connectivity index (χ1) is 6.49. The molecule has 0 aliphatic carbocycles. The molecule has 14 heavy (non-hydrogen) atoms. The van der Waals surface area contributed by atoms with Gasteiger partial charge in [-0.3, -0.25) is 0 Å². The molecule has 1 N–H and O–H groups in total. The van der Waals surface area contributed by atoms with Crippen molar-refractivity contribution in [2.45, 2.75) is 39.9 Å². The second-order valence-corrected chi connectivity index (χ2v) is 3.42. The van der Waals surface area contributed by atoms with Crippen molar-refractivity contribution in [1.29, 1.82) is 0 Å². The molecule has 84 valence electrons. The molecule has 0 saturated carbocycles. The van der Waals surface area contributed by atoms with Crippen molar-refractivity contribution in [3.63, 3.8) is 0 Å². The summed E-state index contributed by atoms with van der Waals surface area (Å²) in [6.07, 6.45) is 0.744. The molecule has 0 heterocycles. The van der Waals surface area contributed by atoms with Crippen LogP contribution in [0.1, 0.15) is 34.1 Å². The zero-order valence-corrected chi connectivity index (χ0v) is 9.37. The monoisotopic (exact) mass is 204 g/mol. The van der Waals surface area contributed by atoms with Crippen molar-refractivity contribution in [2.75, 3.05) is 13.2 Å². The maximum Gasteiger partial charge on any atom is 0.366 e. The van der Waals surface area contributed by atoms with E-state index in [4.69, 9.17) is 9.47 Å². The Bertz CT molecular complexity index is 179. The van der Waals surface area contributed by atoms with Gasteiger partial charge in [-0.1, -0.05) is 20.8 Å². The van der Waals surface area contributed by atoms with E-state index >= 15 is 0 Å². The maximum atomic E-state index is 11.4. The third-order valence-corrected chi connectivity index (χ3v) is 1.88. The van der Waals surface area contributed by atoms with E-state index in [0.717, 1.165) is 6.42 Å². The first kappa shape index (κ1) is 13.4. The molecule has 0 aliphatic heterocycles. The summed E-state index contributed by atoms with van der Waals surface area (Å²) in [5.41, 5.74) is 0. The maximum absolute atomic E-state index is 11.4. The van der Waals surface area contributed by atoms with Crippen LogP contribution in [0.3, 0.4) is 0 Å². The van der Waals surface area contributed by atoms with Crippen LogP contribution < -0.4 is 0 Å². The lowest BCUT2D eigenvalue weighted by Gasteiger charge is -2.29. The smallest absolute Gasteiger partial charge is 0.366 e. The molecule has 1 atom stereocenters. The van der Waals surface area contributed by atoms with Gasteiger partial charge in [-0.2, -0.15) is 0 Å². The van der Waals surface area contributed by atoms with Crippen molar-refractivity contribution in [1.82, 2.24) is 0 Å². The summed E-state index contributed by atoms with van der Waals surface area (Å²) in [7, 11) is 0. The van der Waals surface area contributed by atoms with Gasteiger partial charge in [-0.25, -0.2) is 4.79 Å². The topological polar surface area (TPSA) is 55.8 Å². The third kappa shape index (κ3) is 3.27. The predicted molar refractivity (Wildman–Crippen MR) is 52.7 cm³/mol. The van der Waals surface area contributed by atoms with Crippen molar-refractivity contribution in [3.8, 4) is 0 Å². The fourth-order valence-corrected chi connectivity index (χ4v) is 0.953. The van der Waals surface area contributed by atoms with E-state index in [1.165, 1.54) is 0 Å². The Morgan fingerprint density at radius 3 is 2.36 bits per heavy atom. The first-order valence-electron chi connectivity index (χ1n) is 5.02. The van der Waals surface area contributed by atoms with Crippen LogP contribution >= 0.6 is 0 Å². The second kappa shape index (κ2) is 5.98. The summed E-state index contributed by atoms with van der Waals surface area (Å²) < 4.78 is 9.89. The minimum absolute atomic E-state index is 0.239. The molecule has 0 spiro atoms. The summed E-state index contributed by atoms with van der Waals surface area (Å²) in [5.74, 6) is -2.83. The lowest BCUT2D eigenvalue weighted by molar-refractivity contribution is -0.244. The fraction of sp³-hybridized carbons (Fsp3) is 0.900. The van der Waals surface area contributed by atoms with Gasteiger partial charge in [0, 0.05) is 5.92 Å². The van der Waals surface area contributed by atoms with E-state index in [2.05, 4.69) is 0 Å². The van der Waals surface area contributed by atoms with Crippen LogP contribution in [0.4, 0.5) is 0 Å². The lowest BCUT2D eigenvalue weighted by atomic mass is 10.0. The molecule has 0 aromatic heterocycles. The van der Waals surface area contributed by atoms with Crippen LogP contribution in [0.15, 0.2) is 0 Å². The van der Waals surface area contributed by atoms with Crippen LogP contribution in [-0.2, 0) is 14.3 Å². The highest BCUT2D eigenvalue weighted by Crippen LogP contribution is 2.20. The van der Waals surface area contributed by atoms with Gasteiger partial charge in [0.1, 0.15) is 0 Å². The Hall–Kier alpha value is -0.610. The lowest BCUT2D eigenvalue weighted by Crippen LogP contribution is -2.47. The van der Waals surface area contributed by atoms with Crippen LogP contribution in [0, 0.1) is 5.92 Å². The van der Waals surface area contributed by atoms with Gasteiger partial charge < -0.3 is 14.6 Å². The minimum Gasteiger partial charge on any atom is -0.462 e. The van der Waals surface area contributed by atoms with Crippen LogP contribution in [0.2, 0.25) is 0 Å². The molecule has 4 nitrogen and oxygen atoms in total. The summed E-state index contributed by atoms with van der Waals surface area (Å²) in [5, 5.41) is 9.92. The van der Waals surface area contributed by atoms with Gasteiger partial charge >= 0.3 is 5.97 Å². The average Bonchev–Trinajstić information content (AvgIpc) is 2.14. The van der Waals surface area contributed by atoms with Crippen LogP contribution in [0.5, 0.6) is 0 Å². The van der Waals surface area contributed by atoms with E-state index in [1.54, 1.807) is 20.8 Å². The Labute approximate surface area is 85.2 Å². The number of esters is 1. The summed E-state index contributed by atoms with van der Waals surface area (Å²) in [6.45, 7) is 7.61. The molecule has 0 saturated heterocycles. The van der Waals surface area contributed by atoms with Gasteiger partial charge in [0.25, 0.3) is 5.79 Å². The zero-order valence-electron chi connectivity index (χ0n) is 9.37. The Balaban J connectivity index is 4.45. The molecule has 0 aromatic carbocycles. The van der Waals surface area contributed by atoms with E-state index in [9.17, 15) is 9.90 Å². The van der Waals surface area contributed by atoms with Gasteiger partial charge in [0.2, 0.25) is 0 Å². The van der Waals surface area contributed by atoms with Gasteiger partial charge in [-0.15, -0.1) is 0 Å². The highest BCUT2D eigenvalue weighted by Gasteiger charge is 2.42. The molecule has 0 amide bonds. The quantitative estimate of drug-likeness (QED) is 0.523. The second-order valence-electron chi connectivity index (χ2n) is 3.42. The molecule has 0 fully saturated rings. The Kier molecular flexibility index (Phi) is 5.72. The summed E-state index contributed by atoms with van der Waals surface area (Å²) in [6, 6.07) is 0. The van der Waals surface area contributed by atoms with Crippen LogP contribution in [0.25, 0.3) is 0 Å². The largest absolute Gasteiger partial charge is 0.462 e. The van der Waals surface area contributed by atoms with Gasteiger partial charge in [0.15, 0.2) is 0 Å². The standard InChI is InChI=1S/C10H20O4/c1-5-7-14-10(12,8(3)4)9(11)13-6-2/h8,12H,5-7H2,1-4H3. The Morgan fingerprint density at radius 1 is 1.43 bits per heavy atom. The highest BCUT2D eigenvalue weighted by molar-refractivity contribution is 5.77. The number of rotatable bonds is 6. The van der Waals surface area contributed by atoms with E-state index in [1.807, 2.05) is 6.92 Å². The number of carbonyl (C=O) groups is 1. The molecule has 0 rings (SSSR count). The first-order valence-corrected chi connectivity index (χ1v) is 5.02. The normalized spacial score (nSPS) is 15.3. The predicted octanol–water partition coefficient (Wildman–Crippen LogP) is 1.32. The fourth-order valence-electron chi connectivity index (χ4n) is 0.953.